The van der Waals surface area contributed by atoms with Gasteiger partial charge in [-0.3, -0.25) is 4.57 Å². The Hall–Kier alpha value is -2.11. The first-order valence-electron chi connectivity index (χ1n) is 7.67. The highest BCUT2D eigenvalue weighted by Crippen LogP contribution is 2.27. The average Bonchev–Trinajstić information content (AvgIpc) is 3.04. The Labute approximate surface area is 140 Å². The minimum absolute atomic E-state index is 0.712. The van der Waals surface area contributed by atoms with Crippen LogP contribution in [-0.2, 0) is 4.74 Å². The molecule has 3 rings (SSSR count). The predicted octanol–water partition coefficient (Wildman–Crippen LogP) is 4.06. The van der Waals surface area contributed by atoms with Gasteiger partial charge in [0.2, 0.25) is 0 Å². The first kappa shape index (κ1) is 15.8. The molecule has 0 aliphatic heterocycles. The number of aromatic nitrogens is 3. The lowest BCUT2D eigenvalue weighted by Crippen LogP contribution is -2.01. The largest absolute Gasteiger partial charge is 0.381 e. The summed E-state index contributed by atoms with van der Waals surface area (Å²) in [6.45, 7) is 3.45. The van der Waals surface area contributed by atoms with Gasteiger partial charge in [-0.2, -0.15) is 0 Å². The van der Waals surface area contributed by atoms with E-state index in [2.05, 4.69) is 39.0 Å². The topological polar surface area (TPSA) is 39.9 Å². The SMILES string of the molecule is CCOCCSc1nnc(-c2ccccc2)n1-c1ccccc1. The normalized spacial score (nSPS) is 10.8. The van der Waals surface area contributed by atoms with Gasteiger partial charge >= 0.3 is 0 Å². The molecule has 0 N–H and O–H groups in total. The molecular formula is C18H19N3OS. The van der Waals surface area contributed by atoms with Gasteiger partial charge in [0.15, 0.2) is 11.0 Å². The maximum absolute atomic E-state index is 5.41. The number of thioether (sulfide) groups is 1. The summed E-state index contributed by atoms with van der Waals surface area (Å²) in [7, 11) is 0. The molecule has 0 saturated carbocycles. The molecule has 1 heterocycles. The van der Waals surface area contributed by atoms with Crippen molar-refractivity contribution < 1.29 is 4.74 Å². The minimum atomic E-state index is 0.712. The van der Waals surface area contributed by atoms with Crippen LogP contribution < -0.4 is 0 Å². The lowest BCUT2D eigenvalue weighted by atomic mass is 10.2. The second-order valence-electron chi connectivity index (χ2n) is 4.89. The van der Waals surface area contributed by atoms with Gasteiger partial charge < -0.3 is 4.74 Å². The van der Waals surface area contributed by atoms with Crippen LogP contribution in [-0.4, -0.2) is 33.7 Å². The van der Waals surface area contributed by atoms with Crippen molar-refractivity contribution in [1.82, 2.24) is 14.8 Å². The van der Waals surface area contributed by atoms with E-state index in [4.69, 9.17) is 4.74 Å². The summed E-state index contributed by atoms with van der Waals surface area (Å²) in [5, 5.41) is 9.68. The smallest absolute Gasteiger partial charge is 0.196 e. The van der Waals surface area contributed by atoms with E-state index in [0.29, 0.717) is 6.61 Å². The van der Waals surface area contributed by atoms with Crippen molar-refractivity contribution in [2.24, 2.45) is 0 Å². The van der Waals surface area contributed by atoms with Crippen LogP contribution in [0.4, 0.5) is 0 Å². The van der Waals surface area contributed by atoms with Gasteiger partial charge in [-0.1, -0.05) is 60.3 Å². The van der Waals surface area contributed by atoms with Crippen LogP contribution in [0.2, 0.25) is 0 Å². The van der Waals surface area contributed by atoms with E-state index in [1.165, 1.54) is 0 Å². The van der Waals surface area contributed by atoms with Crippen LogP contribution >= 0.6 is 11.8 Å². The second kappa shape index (κ2) is 7.94. The molecule has 0 aliphatic rings. The Balaban J connectivity index is 1.96. The van der Waals surface area contributed by atoms with E-state index in [0.717, 1.165) is 34.6 Å². The molecule has 2 aromatic carbocycles. The van der Waals surface area contributed by atoms with E-state index < -0.39 is 0 Å². The molecule has 23 heavy (non-hydrogen) atoms. The van der Waals surface area contributed by atoms with Crippen LogP contribution in [0.5, 0.6) is 0 Å². The Kier molecular flexibility index (Phi) is 5.45. The summed E-state index contributed by atoms with van der Waals surface area (Å²) < 4.78 is 7.52. The van der Waals surface area contributed by atoms with Gasteiger partial charge in [-0.05, 0) is 19.1 Å². The van der Waals surface area contributed by atoms with Crippen LogP contribution in [0, 0.1) is 0 Å². The van der Waals surface area contributed by atoms with E-state index in [1.54, 1.807) is 11.8 Å². The summed E-state index contributed by atoms with van der Waals surface area (Å²) in [5.74, 6) is 1.71. The zero-order valence-corrected chi connectivity index (χ0v) is 13.9. The molecule has 0 fully saturated rings. The second-order valence-corrected chi connectivity index (χ2v) is 5.95. The summed E-state index contributed by atoms with van der Waals surface area (Å²) in [5.41, 5.74) is 2.12. The minimum Gasteiger partial charge on any atom is -0.381 e. The Bertz CT molecular complexity index is 729. The van der Waals surface area contributed by atoms with E-state index in [9.17, 15) is 0 Å². The molecular weight excluding hydrogens is 306 g/mol. The molecule has 0 bridgehead atoms. The quantitative estimate of drug-likeness (QED) is 0.485. The number of hydrogen-bond acceptors (Lipinski definition) is 4. The summed E-state index contributed by atoms with van der Waals surface area (Å²) in [4.78, 5) is 0. The Morgan fingerprint density at radius 1 is 0.957 bits per heavy atom. The first-order valence-corrected chi connectivity index (χ1v) is 8.65. The van der Waals surface area contributed by atoms with Crippen LogP contribution in [0.1, 0.15) is 6.92 Å². The standard InChI is InChI=1S/C18H19N3OS/c1-2-22-13-14-23-18-20-19-17(15-9-5-3-6-10-15)21(18)16-11-7-4-8-12-16/h3-12H,2,13-14H2,1H3. The van der Waals surface area contributed by atoms with Crippen molar-refractivity contribution in [1.29, 1.82) is 0 Å². The summed E-state index contributed by atoms with van der Waals surface area (Å²) in [6, 6.07) is 20.4. The third-order valence-corrected chi connectivity index (χ3v) is 4.24. The molecule has 118 valence electrons. The number of rotatable bonds is 7. The van der Waals surface area contributed by atoms with Gasteiger partial charge in [0, 0.05) is 23.6 Å². The molecule has 4 nitrogen and oxygen atoms in total. The lowest BCUT2D eigenvalue weighted by Gasteiger charge is -2.10. The van der Waals surface area contributed by atoms with Crippen LogP contribution in [0.25, 0.3) is 17.1 Å². The van der Waals surface area contributed by atoms with Crippen molar-refractivity contribution >= 4 is 11.8 Å². The number of nitrogens with zero attached hydrogens (tertiary/aromatic N) is 3. The molecule has 0 atom stereocenters. The fourth-order valence-corrected chi connectivity index (χ4v) is 3.09. The van der Waals surface area contributed by atoms with Crippen molar-refractivity contribution in [2.75, 3.05) is 19.0 Å². The predicted molar refractivity (Wildman–Crippen MR) is 94.0 cm³/mol. The van der Waals surface area contributed by atoms with E-state index >= 15 is 0 Å². The van der Waals surface area contributed by atoms with Gasteiger partial charge in [0.25, 0.3) is 0 Å². The van der Waals surface area contributed by atoms with Gasteiger partial charge in [-0.25, -0.2) is 0 Å². The highest BCUT2D eigenvalue weighted by molar-refractivity contribution is 7.99. The lowest BCUT2D eigenvalue weighted by molar-refractivity contribution is 0.164. The number of hydrogen-bond donors (Lipinski definition) is 0. The zero-order chi connectivity index (χ0) is 15.9. The Morgan fingerprint density at radius 2 is 1.65 bits per heavy atom. The number of para-hydroxylation sites is 1. The fraction of sp³-hybridized carbons (Fsp3) is 0.222. The molecule has 0 saturated heterocycles. The number of benzene rings is 2. The van der Waals surface area contributed by atoms with Gasteiger partial charge in [-0.15, -0.1) is 10.2 Å². The van der Waals surface area contributed by atoms with Crippen molar-refractivity contribution in [3.8, 4) is 17.1 Å². The molecule has 0 spiro atoms. The van der Waals surface area contributed by atoms with Crippen molar-refractivity contribution in [2.45, 2.75) is 12.1 Å². The van der Waals surface area contributed by atoms with Crippen molar-refractivity contribution in [3.63, 3.8) is 0 Å². The highest BCUT2D eigenvalue weighted by atomic mass is 32.2. The fourth-order valence-electron chi connectivity index (χ4n) is 2.28. The number of ether oxygens (including phenoxy) is 1. The van der Waals surface area contributed by atoms with Crippen LogP contribution in [0.15, 0.2) is 65.8 Å². The maximum Gasteiger partial charge on any atom is 0.196 e. The first-order chi connectivity index (χ1) is 11.4. The molecule has 0 unspecified atom stereocenters. The summed E-state index contributed by atoms with van der Waals surface area (Å²) in [6.07, 6.45) is 0. The van der Waals surface area contributed by atoms with Gasteiger partial charge in [0.05, 0.1) is 6.61 Å². The average molecular weight is 325 g/mol. The van der Waals surface area contributed by atoms with E-state index in [-0.39, 0.29) is 0 Å². The van der Waals surface area contributed by atoms with Crippen LogP contribution in [0.3, 0.4) is 0 Å². The molecule has 1 aromatic heterocycles. The third kappa shape index (κ3) is 3.81. The molecule has 0 radical (unpaired) electrons. The van der Waals surface area contributed by atoms with Gasteiger partial charge in [0.1, 0.15) is 0 Å². The molecule has 5 heteroatoms. The Morgan fingerprint density at radius 3 is 2.35 bits per heavy atom. The molecule has 3 aromatic rings. The third-order valence-electron chi connectivity index (χ3n) is 3.34. The molecule has 0 amide bonds. The zero-order valence-electron chi connectivity index (χ0n) is 13.1. The van der Waals surface area contributed by atoms with E-state index in [1.807, 2.05) is 43.3 Å². The highest BCUT2D eigenvalue weighted by Gasteiger charge is 2.15. The maximum atomic E-state index is 5.41. The monoisotopic (exact) mass is 325 g/mol. The molecule has 0 aliphatic carbocycles. The summed E-state index contributed by atoms with van der Waals surface area (Å²) >= 11 is 1.66. The van der Waals surface area contributed by atoms with Crippen molar-refractivity contribution in [3.05, 3.63) is 60.7 Å².